The van der Waals surface area contributed by atoms with Gasteiger partial charge in [0.25, 0.3) is 5.91 Å². The number of ether oxygens (including phenoxy) is 5. The quantitative estimate of drug-likeness (QED) is 0.155. The SMILES string of the molecule is COc1cc2c(cc1OCCCCCOc1cc3c(cc1OC)C(O)N1Cc4ccccc4C[C@H]1C=N3)N=C[C@@H]1Cc3ccc(OCCO)cc3CN1C2=O. The second kappa shape index (κ2) is 16.1. The van der Waals surface area contributed by atoms with Crippen molar-refractivity contribution in [2.24, 2.45) is 9.98 Å². The highest BCUT2D eigenvalue weighted by Crippen LogP contribution is 2.43. The summed E-state index contributed by atoms with van der Waals surface area (Å²) < 4.78 is 29.3. The minimum absolute atomic E-state index is 0.00852. The van der Waals surface area contributed by atoms with Crippen LogP contribution in [0.25, 0.3) is 0 Å². The van der Waals surface area contributed by atoms with Gasteiger partial charge < -0.3 is 38.8 Å². The Morgan fingerprint density at radius 2 is 1.36 bits per heavy atom. The molecule has 8 rings (SSSR count). The summed E-state index contributed by atoms with van der Waals surface area (Å²) in [5.41, 5.74) is 7.05. The third-order valence-corrected chi connectivity index (χ3v) is 10.8. The Morgan fingerprint density at radius 3 is 2.13 bits per heavy atom. The third kappa shape index (κ3) is 7.49. The lowest BCUT2D eigenvalue weighted by Gasteiger charge is -2.37. The van der Waals surface area contributed by atoms with Gasteiger partial charge in [-0.25, -0.2) is 0 Å². The number of carbonyl (C=O) groups excluding carboxylic acids is 1. The van der Waals surface area contributed by atoms with E-state index in [9.17, 15) is 9.90 Å². The van der Waals surface area contributed by atoms with E-state index in [1.807, 2.05) is 53.7 Å². The molecule has 1 amide bonds. The van der Waals surface area contributed by atoms with Crippen molar-refractivity contribution in [2.45, 2.75) is 63.5 Å². The van der Waals surface area contributed by atoms with E-state index in [2.05, 4.69) is 23.1 Å². The van der Waals surface area contributed by atoms with E-state index < -0.39 is 6.23 Å². The van der Waals surface area contributed by atoms with Gasteiger partial charge in [0.15, 0.2) is 23.0 Å². The number of carbonyl (C=O) groups is 1. The summed E-state index contributed by atoms with van der Waals surface area (Å²) in [5, 5.41) is 20.6. The predicted molar refractivity (Wildman–Crippen MR) is 208 cm³/mol. The van der Waals surface area contributed by atoms with Gasteiger partial charge in [-0.2, -0.15) is 0 Å². The van der Waals surface area contributed by atoms with Gasteiger partial charge in [-0.15, -0.1) is 0 Å². The lowest BCUT2D eigenvalue weighted by Crippen LogP contribution is -2.44. The zero-order chi connectivity index (χ0) is 37.9. The topological polar surface area (TPSA) is 135 Å². The number of aliphatic hydroxyl groups excluding tert-OH is 2. The van der Waals surface area contributed by atoms with Gasteiger partial charge in [0.1, 0.15) is 18.6 Å². The lowest BCUT2D eigenvalue weighted by molar-refractivity contribution is -0.0197. The fourth-order valence-electron chi connectivity index (χ4n) is 7.83. The lowest BCUT2D eigenvalue weighted by atomic mass is 9.93. The molecule has 12 nitrogen and oxygen atoms in total. The Bertz CT molecular complexity index is 2120. The van der Waals surface area contributed by atoms with Crippen LogP contribution in [0.15, 0.2) is 76.7 Å². The molecule has 4 aromatic rings. The molecule has 4 heterocycles. The molecule has 1 unspecified atom stereocenters. The first kappa shape index (κ1) is 36.5. The molecule has 0 radical (unpaired) electrons. The van der Waals surface area contributed by atoms with Crippen LogP contribution in [0.1, 0.15) is 63.7 Å². The number of benzene rings is 4. The first-order chi connectivity index (χ1) is 26.9. The molecule has 0 bridgehead atoms. The second-order valence-corrected chi connectivity index (χ2v) is 14.2. The zero-order valence-corrected chi connectivity index (χ0v) is 31.1. The van der Waals surface area contributed by atoms with Crippen LogP contribution in [0.3, 0.4) is 0 Å². The van der Waals surface area contributed by atoms with Gasteiger partial charge in [0, 0.05) is 43.2 Å². The molecular weight excluding hydrogens is 700 g/mol. The standard InChI is InChI=1S/C43H46N4O8/c1-51-38-19-34-36(44-23-31-16-27-8-4-5-9-29(27)25-46(31)42(34)49)21-40(38)54-13-6-3-7-14-55-41-22-37-35(20-39(41)52-2)43(50)47-26-30-18-33(53-15-12-48)11-10-28(30)17-32(47)24-45-37/h4-5,8-11,18-24,31-32,42,48-49H,3,6-7,12-17,25-26H2,1-2H3/t31-,32-,42?/m0/s1. The summed E-state index contributed by atoms with van der Waals surface area (Å²) >= 11 is 0. The van der Waals surface area contributed by atoms with Crippen LogP contribution in [-0.4, -0.2) is 91.1 Å². The average Bonchev–Trinajstić information content (AvgIpc) is 3.43. The van der Waals surface area contributed by atoms with E-state index in [1.54, 1.807) is 26.4 Å². The Kier molecular flexibility index (Phi) is 10.7. The minimum Gasteiger partial charge on any atom is -0.493 e. The van der Waals surface area contributed by atoms with Crippen LogP contribution in [0.2, 0.25) is 0 Å². The number of aliphatic hydroxyl groups is 2. The molecule has 4 aromatic carbocycles. The van der Waals surface area contributed by atoms with Gasteiger partial charge in [0.05, 0.1) is 63.1 Å². The number of nitrogens with zero attached hydrogens (tertiary/aromatic N) is 4. The molecular formula is C43H46N4O8. The first-order valence-electron chi connectivity index (χ1n) is 18.9. The monoisotopic (exact) mass is 746 g/mol. The van der Waals surface area contributed by atoms with Crippen LogP contribution in [0.5, 0.6) is 28.7 Å². The molecule has 2 N–H and O–H groups in total. The molecule has 0 aliphatic carbocycles. The van der Waals surface area contributed by atoms with E-state index in [0.717, 1.165) is 36.8 Å². The van der Waals surface area contributed by atoms with Crippen molar-refractivity contribution in [1.82, 2.24) is 9.80 Å². The molecule has 12 heteroatoms. The second-order valence-electron chi connectivity index (χ2n) is 14.2. The molecule has 0 aromatic heterocycles. The summed E-state index contributed by atoms with van der Waals surface area (Å²) in [5.74, 6) is 2.71. The summed E-state index contributed by atoms with van der Waals surface area (Å²) in [6.45, 7) is 2.15. The van der Waals surface area contributed by atoms with Gasteiger partial charge in [-0.05, 0) is 78.6 Å². The number of amides is 1. The molecule has 286 valence electrons. The van der Waals surface area contributed by atoms with E-state index in [4.69, 9.17) is 38.8 Å². The fourth-order valence-corrected chi connectivity index (χ4v) is 7.83. The largest absolute Gasteiger partial charge is 0.493 e. The molecule has 0 saturated heterocycles. The Balaban J connectivity index is 0.857. The number of unbranched alkanes of at least 4 members (excludes halogenated alkanes) is 2. The van der Waals surface area contributed by atoms with E-state index in [1.165, 1.54) is 11.1 Å². The molecule has 0 spiro atoms. The Morgan fingerprint density at radius 1 is 0.691 bits per heavy atom. The molecule has 4 aliphatic rings. The highest BCUT2D eigenvalue weighted by Gasteiger charge is 2.35. The van der Waals surface area contributed by atoms with Gasteiger partial charge >= 0.3 is 0 Å². The van der Waals surface area contributed by atoms with Crippen molar-refractivity contribution in [1.29, 1.82) is 0 Å². The maximum Gasteiger partial charge on any atom is 0.257 e. The highest BCUT2D eigenvalue weighted by molar-refractivity contribution is 6.03. The van der Waals surface area contributed by atoms with E-state index in [0.29, 0.717) is 84.0 Å². The van der Waals surface area contributed by atoms with Crippen molar-refractivity contribution in [2.75, 3.05) is 40.6 Å². The van der Waals surface area contributed by atoms with Gasteiger partial charge in [-0.3, -0.25) is 19.7 Å². The molecule has 3 atom stereocenters. The van der Waals surface area contributed by atoms with Crippen molar-refractivity contribution in [3.8, 4) is 28.7 Å². The van der Waals surface area contributed by atoms with Gasteiger partial charge in [-0.1, -0.05) is 30.3 Å². The van der Waals surface area contributed by atoms with Crippen molar-refractivity contribution in [3.05, 3.63) is 100 Å². The number of methoxy groups -OCH3 is 2. The van der Waals surface area contributed by atoms with Crippen molar-refractivity contribution >= 4 is 29.7 Å². The number of hydrogen-bond acceptors (Lipinski definition) is 11. The normalized spacial score (nSPS) is 19.5. The molecule has 4 aliphatic heterocycles. The molecule has 0 saturated carbocycles. The number of aliphatic imine (C=N–C) groups is 2. The van der Waals surface area contributed by atoms with Crippen LogP contribution < -0.4 is 23.7 Å². The summed E-state index contributed by atoms with van der Waals surface area (Å²) in [4.78, 5) is 27.3. The van der Waals surface area contributed by atoms with Crippen molar-refractivity contribution in [3.63, 3.8) is 0 Å². The molecule has 55 heavy (non-hydrogen) atoms. The summed E-state index contributed by atoms with van der Waals surface area (Å²) in [6, 6.07) is 21.2. The Labute approximate surface area is 320 Å². The highest BCUT2D eigenvalue weighted by atomic mass is 16.5. The predicted octanol–water partition coefficient (Wildman–Crippen LogP) is 6.12. The van der Waals surface area contributed by atoms with Crippen LogP contribution in [0, 0.1) is 0 Å². The van der Waals surface area contributed by atoms with E-state index >= 15 is 0 Å². The fraction of sp³-hybridized carbons (Fsp3) is 0.372. The van der Waals surface area contributed by atoms with Crippen molar-refractivity contribution < 1.29 is 38.7 Å². The maximum absolute atomic E-state index is 13.9. The van der Waals surface area contributed by atoms with Crippen LogP contribution in [-0.2, 0) is 25.9 Å². The number of rotatable bonds is 13. The van der Waals surface area contributed by atoms with Crippen LogP contribution in [0.4, 0.5) is 11.4 Å². The molecule has 0 fully saturated rings. The average molecular weight is 747 g/mol. The van der Waals surface area contributed by atoms with Crippen LogP contribution >= 0.6 is 0 Å². The number of fused-ring (bicyclic) bond motifs is 6. The zero-order valence-electron chi connectivity index (χ0n) is 31.1. The summed E-state index contributed by atoms with van der Waals surface area (Å²) in [7, 11) is 3.17. The van der Waals surface area contributed by atoms with Gasteiger partial charge in [0.2, 0.25) is 0 Å². The first-order valence-corrected chi connectivity index (χ1v) is 18.9. The number of hydrogen-bond donors (Lipinski definition) is 2. The van der Waals surface area contributed by atoms with E-state index in [-0.39, 0.29) is 31.2 Å². The minimum atomic E-state index is -0.822. The smallest absolute Gasteiger partial charge is 0.257 e. The maximum atomic E-state index is 13.9. The third-order valence-electron chi connectivity index (χ3n) is 10.8. The summed E-state index contributed by atoms with van der Waals surface area (Å²) in [6.07, 6.45) is 6.82. The Hall–Kier alpha value is -5.43.